The fraction of sp³-hybridized carbons (Fsp3) is 0.500. The Morgan fingerprint density at radius 3 is 2.38 bits per heavy atom. The molecule has 1 aromatic rings. The third-order valence-electron chi connectivity index (χ3n) is 3.89. The Bertz CT molecular complexity index is 468. The summed E-state index contributed by atoms with van der Waals surface area (Å²) < 4.78 is 0. The summed E-state index contributed by atoms with van der Waals surface area (Å²) in [5.41, 5.74) is 1.32. The van der Waals surface area contributed by atoms with E-state index in [1.54, 1.807) is 0 Å². The van der Waals surface area contributed by atoms with Gasteiger partial charge in [-0.05, 0) is 12.8 Å². The number of piperazine rings is 1. The first-order valence-electron chi connectivity index (χ1n) is 7.50. The van der Waals surface area contributed by atoms with Crippen LogP contribution in [0, 0.1) is 0 Å². The van der Waals surface area contributed by atoms with Gasteiger partial charge < -0.3 is 19.7 Å². The summed E-state index contributed by atoms with van der Waals surface area (Å²) in [6.45, 7) is 4.40. The van der Waals surface area contributed by atoms with E-state index in [1.165, 1.54) is 10.5 Å². The van der Waals surface area contributed by atoms with Crippen molar-refractivity contribution in [2.75, 3.05) is 26.2 Å². The maximum absolute atomic E-state index is 11.9. The van der Waals surface area contributed by atoms with Gasteiger partial charge in [-0.2, -0.15) is 0 Å². The molecule has 1 aromatic carbocycles. The lowest BCUT2D eigenvalue weighted by molar-refractivity contribution is -0.917. The van der Waals surface area contributed by atoms with Crippen molar-refractivity contribution in [2.45, 2.75) is 25.8 Å². The molecule has 1 amide bonds. The molecule has 1 fully saturated rings. The topological polar surface area (TPSA) is 64.9 Å². The van der Waals surface area contributed by atoms with Gasteiger partial charge in [-0.1, -0.05) is 30.3 Å². The van der Waals surface area contributed by atoms with Crippen LogP contribution in [0.15, 0.2) is 30.3 Å². The van der Waals surface area contributed by atoms with E-state index in [4.69, 9.17) is 0 Å². The number of benzene rings is 1. The molecule has 0 radical (unpaired) electrons. The number of nitrogens with one attached hydrogen (secondary N) is 1. The van der Waals surface area contributed by atoms with Crippen LogP contribution in [0.5, 0.6) is 0 Å². The van der Waals surface area contributed by atoms with Gasteiger partial charge in [-0.15, -0.1) is 0 Å². The number of nitrogens with zero attached hydrogens (tertiary/aromatic N) is 1. The summed E-state index contributed by atoms with van der Waals surface area (Å²) in [7, 11) is 0. The molecule has 0 spiro atoms. The predicted octanol–water partition coefficient (Wildman–Crippen LogP) is -1.17. The number of aliphatic carboxylic acids is 1. The average Bonchev–Trinajstić information content (AvgIpc) is 2.48. The summed E-state index contributed by atoms with van der Waals surface area (Å²) in [5.74, 6) is -1.02. The normalized spacial score (nSPS) is 15.9. The molecule has 1 aliphatic heterocycles. The SMILES string of the molecule is O=C([O-])CCCC(=O)N1CC[NH+](Cc2ccccc2)CC1. The minimum absolute atomic E-state index is 0.0367. The highest BCUT2D eigenvalue weighted by atomic mass is 16.4. The highest BCUT2D eigenvalue weighted by Gasteiger charge is 2.23. The van der Waals surface area contributed by atoms with E-state index in [0.29, 0.717) is 12.8 Å². The first kappa shape index (κ1) is 15.5. The van der Waals surface area contributed by atoms with Gasteiger partial charge in [0.2, 0.25) is 5.91 Å². The van der Waals surface area contributed by atoms with Gasteiger partial charge in [-0.3, -0.25) is 4.79 Å². The van der Waals surface area contributed by atoms with Crippen LogP contribution >= 0.6 is 0 Å². The standard InChI is InChI=1S/C16H22N2O3/c19-15(7-4-8-16(20)21)18-11-9-17(10-12-18)13-14-5-2-1-3-6-14/h1-3,5-6H,4,7-13H2,(H,20,21). The maximum atomic E-state index is 11.9. The van der Waals surface area contributed by atoms with Gasteiger partial charge in [0.1, 0.15) is 6.54 Å². The maximum Gasteiger partial charge on any atom is 0.222 e. The fourth-order valence-electron chi connectivity index (χ4n) is 2.68. The second kappa shape index (κ2) is 7.78. The summed E-state index contributed by atoms with van der Waals surface area (Å²) >= 11 is 0. The summed E-state index contributed by atoms with van der Waals surface area (Å²) in [6, 6.07) is 10.4. The van der Waals surface area contributed by atoms with E-state index in [0.717, 1.165) is 32.7 Å². The summed E-state index contributed by atoms with van der Waals surface area (Å²) in [5, 5.41) is 10.3. The number of carboxylic acid groups (broad SMARTS) is 1. The zero-order valence-electron chi connectivity index (χ0n) is 12.2. The number of hydrogen-bond acceptors (Lipinski definition) is 3. The van der Waals surface area contributed by atoms with Crippen molar-refractivity contribution >= 4 is 11.9 Å². The number of quaternary nitrogens is 1. The number of carboxylic acids is 1. The lowest BCUT2D eigenvalue weighted by Gasteiger charge is -2.32. The monoisotopic (exact) mass is 290 g/mol. The minimum Gasteiger partial charge on any atom is -0.550 e. The van der Waals surface area contributed by atoms with Gasteiger partial charge in [0.05, 0.1) is 26.2 Å². The van der Waals surface area contributed by atoms with Crippen LogP contribution in [-0.4, -0.2) is 43.0 Å². The predicted molar refractivity (Wildman–Crippen MR) is 76.3 cm³/mol. The zero-order valence-corrected chi connectivity index (χ0v) is 12.2. The second-order valence-corrected chi connectivity index (χ2v) is 5.52. The van der Waals surface area contributed by atoms with Crippen molar-refractivity contribution in [2.24, 2.45) is 0 Å². The van der Waals surface area contributed by atoms with Gasteiger partial charge in [0.15, 0.2) is 0 Å². The Balaban J connectivity index is 1.70. The smallest absolute Gasteiger partial charge is 0.222 e. The molecule has 0 aromatic heterocycles. The molecule has 0 bridgehead atoms. The van der Waals surface area contributed by atoms with Crippen LogP contribution in [0.4, 0.5) is 0 Å². The van der Waals surface area contributed by atoms with Crippen molar-refractivity contribution in [1.29, 1.82) is 0 Å². The Hall–Kier alpha value is -1.88. The van der Waals surface area contributed by atoms with Crippen molar-refractivity contribution in [3.63, 3.8) is 0 Å². The van der Waals surface area contributed by atoms with E-state index < -0.39 is 5.97 Å². The van der Waals surface area contributed by atoms with Gasteiger partial charge in [0, 0.05) is 18.0 Å². The molecule has 0 atom stereocenters. The van der Waals surface area contributed by atoms with Gasteiger partial charge in [-0.25, -0.2) is 0 Å². The van der Waals surface area contributed by atoms with Crippen molar-refractivity contribution in [3.05, 3.63) is 35.9 Å². The van der Waals surface area contributed by atoms with E-state index in [1.807, 2.05) is 23.1 Å². The van der Waals surface area contributed by atoms with Crippen LogP contribution in [0.2, 0.25) is 0 Å². The number of carbonyl (C=O) groups excluding carboxylic acids is 2. The highest BCUT2D eigenvalue weighted by Crippen LogP contribution is 2.02. The van der Waals surface area contributed by atoms with Crippen molar-refractivity contribution < 1.29 is 19.6 Å². The molecule has 21 heavy (non-hydrogen) atoms. The molecular weight excluding hydrogens is 268 g/mol. The molecule has 0 saturated carbocycles. The molecule has 1 aliphatic rings. The van der Waals surface area contributed by atoms with Crippen molar-refractivity contribution in [1.82, 2.24) is 4.90 Å². The Labute approximate surface area is 125 Å². The zero-order chi connectivity index (χ0) is 15.1. The number of carbonyl (C=O) groups is 2. The number of rotatable bonds is 6. The fourth-order valence-corrected chi connectivity index (χ4v) is 2.68. The molecule has 2 rings (SSSR count). The lowest BCUT2D eigenvalue weighted by atomic mass is 10.2. The molecule has 1 heterocycles. The first-order chi connectivity index (χ1) is 10.1. The Morgan fingerprint density at radius 1 is 1.10 bits per heavy atom. The molecule has 114 valence electrons. The first-order valence-corrected chi connectivity index (χ1v) is 7.50. The summed E-state index contributed by atoms with van der Waals surface area (Å²) in [4.78, 5) is 25.6. The molecular formula is C16H22N2O3. The largest absolute Gasteiger partial charge is 0.550 e. The third-order valence-corrected chi connectivity index (χ3v) is 3.89. The minimum atomic E-state index is -1.08. The second-order valence-electron chi connectivity index (χ2n) is 5.52. The molecule has 1 N–H and O–H groups in total. The van der Waals surface area contributed by atoms with E-state index in [9.17, 15) is 14.7 Å². The quantitative estimate of drug-likeness (QED) is 0.718. The molecule has 0 unspecified atom stereocenters. The highest BCUT2D eigenvalue weighted by molar-refractivity contribution is 5.76. The lowest BCUT2D eigenvalue weighted by Crippen LogP contribution is -3.13. The molecule has 5 heteroatoms. The average molecular weight is 290 g/mol. The van der Waals surface area contributed by atoms with Gasteiger partial charge >= 0.3 is 0 Å². The Kier molecular flexibility index (Phi) is 5.75. The summed E-state index contributed by atoms with van der Waals surface area (Å²) in [6.07, 6.45) is 0.644. The van der Waals surface area contributed by atoms with Gasteiger partial charge in [0.25, 0.3) is 0 Å². The number of hydrogen-bond donors (Lipinski definition) is 1. The molecule has 1 saturated heterocycles. The Morgan fingerprint density at radius 2 is 1.76 bits per heavy atom. The van der Waals surface area contributed by atoms with E-state index in [2.05, 4.69) is 12.1 Å². The molecule has 5 nitrogen and oxygen atoms in total. The number of amides is 1. The van der Waals surface area contributed by atoms with Crippen LogP contribution in [0.3, 0.4) is 0 Å². The van der Waals surface area contributed by atoms with Crippen LogP contribution < -0.4 is 10.0 Å². The van der Waals surface area contributed by atoms with Crippen LogP contribution in [0.1, 0.15) is 24.8 Å². The van der Waals surface area contributed by atoms with E-state index in [-0.39, 0.29) is 12.3 Å². The molecule has 0 aliphatic carbocycles. The third kappa shape index (κ3) is 5.19. The van der Waals surface area contributed by atoms with E-state index >= 15 is 0 Å². The van der Waals surface area contributed by atoms with Crippen molar-refractivity contribution in [3.8, 4) is 0 Å². The van der Waals surface area contributed by atoms with Crippen LogP contribution in [0.25, 0.3) is 0 Å². The van der Waals surface area contributed by atoms with Crippen LogP contribution in [-0.2, 0) is 16.1 Å².